The first-order valence-corrected chi connectivity index (χ1v) is 11.5. The first-order valence-electron chi connectivity index (χ1n) is 9.60. The Morgan fingerprint density at radius 1 is 0.833 bits per heavy atom. The van der Waals surface area contributed by atoms with Gasteiger partial charge >= 0.3 is 0 Å². The van der Waals surface area contributed by atoms with Gasteiger partial charge in [0.25, 0.3) is 0 Å². The molecule has 0 fully saturated rings. The summed E-state index contributed by atoms with van der Waals surface area (Å²) >= 11 is 3.10. The minimum absolute atomic E-state index is 0.272. The van der Waals surface area contributed by atoms with Crippen LogP contribution in [0, 0.1) is 0 Å². The lowest BCUT2D eigenvalue weighted by Crippen LogP contribution is -2.31. The molecule has 8 heteroatoms. The molecule has 4 rings (SSSR count). The summed E-state index contributed by atoms with van der Waals surface area (Å²) in [5.41, 5.74) is 0.435. The van der Waals surface area contributed by atoms with E-state index in [1.54, 1.807) is 36.5 Å². The Bertz CT molecular complexity index is 1110. The predicted molar refractivity (Wildman–Crippen MR) is 124 cm³/mol. The molecule has 0 spiro atoms. The molecule has 0 radical (unpaired) electrons. The van der Waals surface area contributed by atoms with E-state index in [9.17, 15) is 10.2 Å². The molecule has 6 nitrogen and oxygen atoms in total. The van der Waals surface area contributed by atoms with Crippen molar-refractivity contribution in [2.45, 2.75) is 25.0 Å². The minimum atomic E-state index is -1.04. The second-order valence-corrected chi connectivity index (χ2v) is 9.25. The van der Waals surface area contributed by atoms with Crippen molar-refractivity contribution >= 4 is 45.3 Å². The van der Waals surface area contributed by atoms with Crippen LogP contribution in [-0.4, -0.2) is 33.3 Å². The maximum absolute atomic E-state index is 10.8. The van der Waals surface area contributed by atoms with E-state index < -0.39 is 11.2 Å². The van der Waals surface area contributed by atoms with Gasteiger partial charge in [0.15, 0.2) is 0 Å². The molecule has 3 aromatic heterocycles. The molecule has 1 aromatic carbocycles. The van der Waals surface area contributed by atoms with Crippen molar-refractivity contribution in [1.82, 2.24) is 9.97 Å². The second kappa shape index (κ2) is 8.31. The summed E-state index contributed by atoms with van der Waals surface area (Å²) in [6.45, 7) is 4.12. The maximum Gasteiger partial charge on any atom is 0.225 e. The first kappa shape index (κ1) is 20.7. The molecule has 0 aliphatic rings. The van der Waals surface area contributed by atoms with Crippen LogP contribution in [-0.2, 0) is 11.2 Å². The number of thiophene rings is 2. The lowest BCUT2D eigenvalue weighted by molar-refractivity contribution is 0.0716. The number of aliphatic hydroxyl groups is 2. The van der Waals surface area contributed by atoms with Gasteiger partial charge in [-0.2, -0.15) is 27.7 Å². The standard InChI is InChI=1S/C22H24N4O2S2/c1-21(27,15-7-9-29-11-15)13-23-19-17-5-3-4-6-18(17)25-20(26-19)24-14-22(2,28)16-8-10-30-12-16/h3-12,27-28H,13-14H2,1-2H3,(H2,23,24,25,26). The summed E-state index contributed by atoms with van der Waals surface area (Å²) < 4.78 is 0. The van der Waals surface area contributed by atoms with E-state index in [2.05, 4.69) is 20.6 Å². The third kappa shape index (κ3) is 4.46. The first-order chi connectivity index (χ1) is 14.4. The molecule has 0 aliphatic heterocycles. The van der Waals surface area contributed by atoms with Gasteiger partial charge in [-0.25, -0.2) is 4.98 Å². The summed E-state index contributed by atoms with van der Waals surface area (Å²) in [4.78, 5) is 9.20. The van der Waals surface area contributed by atoms with E-state index in [1.165, 1.54) is 0 Å². The highest BCUT2D eigenvalue weighted by Gasteiger charge is 2.25. The van der Waals surface area contributed by atoms with Crippen LogP contribution in [0.2, 0.25) is 0 Å². The van der Waals surface area contributed by atoms with Crippen LogP contribution in [0.3, 0.4) is 0 Å². The Labute approximate surface area is 183 Å². The van der Waals surface area contributed by atoms with E-state index >= 15 is 0 Å². The topological polar surface area (TPSA) is 90.3 Å². The van der Waals surface area contributed by atoms with Crippen LogP contribution < -0.4 is 10.6 Å². The zero-order chi connectivity index (χ0) is 21.2. The Hall–Kier alpha value is -2.52. The molecule has 2 atom stereocenters. The molecule has 156 valence electrons. The number of rotatable bonds is 8. The maximum atomic E-state index is 10.8. The van der Waals surface area contributed by atoms with Gasteiger partial charge in [-0.3, -0.25) is 0 Å². The lowest BCUT2D eigenvalue weighted by atomic mass is 9.99. The largest absolute Gasteiger partial charge is 0.384 e. The van der Waals surface area contributed by atoms with Crippen molar-refractivity contribution in [2.24, 2.45) is 0 Å². The van der Waals surface area contributed by atoms with Gasteiger partial charge in [0.2, 0.25) is 5.95 Å². The number of anilines is 2. The molecule has 2 unspecified atom stereocenters. The van der Waals surface area contributed by atoms with Crippen LogP contribution in [0.15, 0.2) is 57.9 Å². The number of aromatic nitrogens is 2. The highest BCUT2D eigenvalue weighted by molar-refractivity contribution is 7.08. The molecule has 0 aliphatic carbocycles. The second-order valence-electron chi connectivity index (χ2n) is 7.69. The van der Waals surface area contributed by atoms with Crippen molar-refractivity contribution < 1.29 is 10.2 Å². The van der Waals surface area contributed by atoms with Crippen molar-refractivity contribution in [3.05, 3.63) is 69.0 Å². The number of hydrogen-bond acceptors (Lipinski definition) is 8. The summed E-state index contributed by atoms with van der Waals surface area (Å²) in [7, 11) is 0. The fourth-order valence-electron chi connectivity index (χ4n) is 3.14. The van der Waals surface area contributed by atoms with E-state index in [1.807, 2.05) is 57.9 Å². The SMILES string of the molecule is CC(O)(CNc1nc(NCC(C)(O)c2ccsc2)c2ccccc2n1)c1ccsc1. The van der Waals surface area contributed by atoms with E-state index in [0.717, 1.165) is 22.0 Å². The molecular weight excluding hydrogens is 416 g/mol. The van der Waals surface area contributed by atoms with Crippen LogP contribution in [0.25, 0.3) is 10.9 Å². The van der Waals surface area contributed by atoms with Crippen LogP contribution in [0.1, 0.15) is 25.0 Å². The Morgan fingerprint density at radius 2 is 1.43 bits per heavy atom. The van der Waals surface area contributed by atoms with Gasteiger partial charge < -0.3 is 20.8 Å². The van der Waals surface area contributed by atoms with Gasteiger partial charge in [0.1, 0.15) is 17.0 Å². The zero-order valence-electron chi connectivity index (χ0n) is 16.8. The molecular formula is C22H24N4O2S2. The molecule has 0 saturated heterocycles. The quantitative estimate of drug-likeness (QED) is 0.325. The van der Waals surface area contributed by atoms with Crippen molar-refractivity contribution in [1.29, 1.82) is 0 Å². The number of hydrogen-bond donors (Lipinski definition) is 4. The summed E-state index contributed by atoms with van der Waals surface area (Å²) in [5.74, 6) is 1.05. The third-order valence-electron chi connectivity index (χ3n) is 5.08. The number of nitrogens with one attached hydrogen (secondary N) is 2. The summed E-state index contributed by atoms with van der Waals surface area (Å²) in [6, 6.07) is 11.6. The van der Waals surface area contributed by atoms with Gasteiger partial charge in [-0.05, 0) is 70.8 Å². The van der Waals surface area contributed by atoms with Gasteiger partial charge in [-0.15, -0.1) is 0 Å². The molecule has 4 N–H and O–H groups in total. The fraction of sp³-hybridized carbons (Fsp3) is 0.273. The molecule has 4 aromatic rings. The lowest BCUT2D eigenvalue weighted by Gasteiger charge is -2.24. The van der Waals surface area contributed by atoms with Crippen LogP contribution >= 0.6 is 22.7 Å². The van der Waals surface area contributed by atoms with Gasteiger partial charge in [0, 0.05) is 11.9 Å². The summed E-state index contributed by atoms with van der Waals surface area (Å²) in [6.07, 6.45) is 0. The number of fused-ring (bicyclic) bond motifs is 1. The average Bonchev–Trinajstić information content (AvgIpc) is 3.45. The van der Waals surface area contributed by atoms with Crippen molar-refractivity contribution in [2.75, 3.05) is 23.7 Å². The normalized spacial score (nSPS) is 15.5. The minimum Gasteiger partial charge on any atom is -0.384 e. The average molecular weight is 441 g/mol. The third-order valence-corrected chi connectivity index (χ3v) is 6.45. The Morgan fingerprint density at radius 3 is 2.03 bits per heavy atom. The highest BCUT2D eigenvalue weighted by atomic mass is 32.1. The van der Waals surface area contributed by atoms with Crippen molar-refractivity contribution in [3.8, 4) is 0 Å². The predicted octanol–water partition coefficient (Wildman–Crippen LogP) is 4.39. The zero-order valence-corrected chi connectivity index (χ0v) is 18.4. The molecule has 0 amide bonds. The number of benzene rings is 1. The fourth-order valence-corrected chi connectivity index (χ4v) is 4.71. The molecule has 0 bridgehead atoms. The van der Waals surface area contributed by atoms with E-state index in [0.29, 0.717) is 18.3 Å². The summed E-state index contributed by atoms with van der Waals surface area (Å²) in [5, 5.41) is 36.7. The van der Waals surface area contributed by atoms with Gasteiger partial charge in [-0.1, -0.05) is 12.1 Å². The molecule has 30 heavy (non-hydrogen) atoms. The molecule has 0 saturated carbocycles. The highest BCUT2D eigenvalue weighted by Crippen LogP contribution is 2.27. The van der Waals surface area contributed by atoms with E-state index in [4.69, 9.17) is 0 Å². The number of nitrogens with zero attached hydrogens (tertiary/aromatic N) is 2. The molecule has 3 heterocycles. The van der Waals surface area contributed by atoms with Crippen molar-refractivity contribution in [3.63, 3.8) is 0 Å². The van der Waals surface area contributed by atoms with E-state index in [-0.39, 0.29) is 6.54 Å². The number of para-hydroxylation sites is 1. The Balaban J connectivity index is 1.57. The Kier molecular flexibility index (Phi) is 5.75. The van der Waals surface area contributed by atoms with Crippen LogP contribution in [0.5, 0.6) is 0 Å². The van der Waals surface area contributed by atoms with Gasteiger partial charge in [0.05, 0.1) is 12.1 Å². The van der Waals surface area contributed by atoms with Crippen LogP contribution in [0.4, 0.5) is 11.8 Å². The monoisotopic (exact) mass is 440 g/mol. The smallest absolute Gasteiger partial charge is 0.225 e.